The maximum Gasteiger partial charge on any atom is 0.397 e. The minimum atomic E-state index is -5.06. The Balaban J connectivity index is 2.44. The summed E-state index contributed by atoms with van der Waals surface area (Å²) in [4.78, 5) is 12.8. The van der Waals surface area contributed by atoms with Crippen LogP contribution >= 0.6 is 0 Å². The number of carbonyl (C=O) groups is 1. The molecule has 1 aliphatic heterocycles. The van der Waals surface area contributed by atoms with Crippen molar-refractivity contribution in [2.24, 2.45) is 0 Å². The van der Waals surface area contributed by atoms with E-state index >= 15 is 0 Å². The third-order valence-corrected chi connectivity index (χ3v) is 9.63. The smallest absolute Gasteiger partial charge is 0.397 e. The number of carbonyl (C=O) groups excluding carboxylic acids is 1. The maximum atomic E-state index is 12.8. The second kappa shape index (κ2) is 34.1. The molecule has 320 valence electrons. The van der Waals surface area contributed by atoms with E-state index in [9.17, 15) is 28.5 Å². The monoisotopic (exact) mass is 802 g/mol. The van der Waals surface area contributed by atoms with E-state index in [0.717, 1.165) is 89.9 Å². The van der Waals surface area contributed by atoms with E-state index in [1.165, 1.54) is 32.1 Å². The van der Waals surface area contributed by atoms with E-state index in [-0.39, 0.29) is 19.6 Å². The third-order valence-electron chi connectivity index (χ3n) is 9.17. The fraction of sp³-hybridized carbons (Fsp3) is 0.786. The number of esters is 1. The first kappa shape index (κ1) is 51.1. The first-order chi connectivity index (χ1) is 26.6. The first-order valence-corrected chi connectivity index (χ1v) is 22.3. The van der Waals surface area contributed by atoms with E-state index in [1.54, 1.807) is 0 Å². The van der Waals surface area contributed by atoms with Crippen molar-refractivity contribution >= 4 is 16.4 Å². The number of rotatable bonds is 35. The van der Waals surface area contributed by atoms with Crippen molar-refractivity contribution in [3.05, 3.63) is 48.6 Å². The molecule has 1 aliphatic rings. The summed E-state index contributed by atoms with van der Waals surface area (Å²) in [6.07, 6.45) is 30.1. The summed E-state index contributed by atoms with van der Waals surface area (Å²) in [5.41, 5.74) is 0. The van der Waals surface area contributed by atoms with Crippen molar-refractivity contribution in [3.8, 4) is 0 Å². The lowest BCUT2D eigenvalue weighted by atomic mass is 9.99. The number of unbranched alkanes of at least 4 members (excludes halogenated alkanes) is 14. The predicted octanol–water partition coefficient (Wildman–Crippen LogP) is 8.02. The Morgan fingerprint density at radius 3 is 1.85 bits per heavy atom. The molecule has 55 heavy (non-hydrogen) atoms. The van der Waals surface area contributed by atoms with Crippen LogP contribution in [-0.2, 0) is 38.3 Å². The van der Waals surface area contributed by atoms with Gasteiger partial charge in [-0.05, 0) is 64.2 Å². The molecule has 12 nitrogen and oxygen atoms in total. The molecule has 0 aromatic heterocycles. The molecule has 0 aromatic rings. The van der Waals surface area contributed by atoms with Crippen LogP contribution in [0, 0.1) is 0 Å². The van der Waals surface area contributed by atoms with Crippen LogP contribution in [0.4, 0.5) is 0 Å². The van der Waals surface area contributed by atoms with Crippen LogP contribution in [0.3, 0.4) is 0 Å². The van der Waals surface area contributed by atoms with Gasteiger partial charge < -0.3 is 34.3 Å². The van der Waals surface area contributed by atoms with Crippen molar-refractivity contribution in [2.45, 2.75) is 185 Å². The summed E-state index contributed by atoms with van der Waals surface area (Å²) in [5.74, 6) is -0.416. The van der Waals surface area contributed by atoms with Crippen LogP contribution in [0.2, 0.25) is 0 Å². The van der Waals surface area contributed by atoms with Gasteiger partial charge in [0.05, 0.1) is 19.8 Å². The molecule has 0 saturated carbocycles. The zero-order valence-corrected chi connectivity index (χ0v) is 34.5. The van der Waals surface area contributed by atoms with Crippen LogP contribution < -0.4 is 0 Å². The van der Waals surface area contributed by atoms with Gasteiger partial charge in [-0.25, -0.2) is 4.18 Å². The molecule has 6 unspecified atom stereocenters. The van der Waals surface area contributed by atoms with Crippen molar-refractivity contribution < 1.29 is 56.2 Å². The van der Waals surface area contributed by atoms with Crippen LogP contribution in [0.25, 0.3) is 0 Å². The van der Waals surface area contributed by atoms with Crippen LogP contribution in [0.5, 0.6) is 0 Å². The number of hydrogen-bond donors (Lipinski definition) is 4. The van der Waals surface area contributed by atoms with Crippen molar-refractivity contribution in [3.63, 3.8) is 0 Å². The molecule has 1 heterocycles. The van der Waals surface area contributed by atoms with Gasteiger partial charge in [0.15, 0.2) is 6.29 Å². The Kier molecular flexibility index (Phi) is 31.7. The average molecular weight is 803 g/mol. The van der Waals surface area contributed by atoms with Gasteiger partial charge >= 0.3 is 16.4 Å². The molecule has 0 radical (unpaired) electrons. The fourth-order valence-corrected chi connectivity index (χ4v) is 6.55. The molecular weight excluding hydrogens is 729 g/mol. The summed E-state index contributed by atoms with van der Waals surface area (Å²) in [7, 11) is -5.06. The Morgan fingerprint density at radius 2 is 1.25 bits per heavy atom. The van der Waals surface area contributed by atoms with Gasteiger partial charge in [-0.3, -0.25) is 9.35 Å². The standard InChI is InChI=1S/C42H74O12S/c1-3-5-7-9-11-13-15-16-17-18-19-20-21-22-24-26-28-30-32-50-34-36(52-38(44)31-29-27-25-23-14-12-10-8-6-4-2)35-51-42-40(46)41(54-55(47,48)49)39(45)37(33-43)53-42/h5,7-8,10-11,13,16-17,36-37,39-43,45-46H,3-4,6,9,12,14-15,18-35H2,1-2H3,(H,47,48,49)/b7-5-,10-8-,13-11-,17-16-. The number of allylic oxidation sites excluding steroid dienone is 8. The van der Waals surface area contributed by atoms with Gasteiger partial charge in [-0.1, -0.05) is 127 Å². The van der Waals surface area contributed by atoms with E-state index in [4.69, 9.17) is 23.5 Å². The highest BCUT2D eigenvalue weighted by atomic mass is 32.3. The van der Waals surface area contributed by atoms with Crippen LogP contribution in [-0.4, -0.2) is 97.5 Å². The topological polar surface area (TPSA) is 178 Å². The number of ether oxygens (including phenoxy) is 4. The number of hydrogen-bond acceptors (Lipinski definition) is 11. The van der Waals surface area contributed by atoms with E-state index in [1.807, 2.05) is 0 Å². The van der Waals surface area contributed by atoms with Gasteiger partial charge in [0, 0.05) is 13.0 Å². The van der Waals surface area contributed by atoms with E-state index < -0.39 is 59.8 Å². The average Bonchev–Trinajstić information content (AvgIpc) is 3.15. The van der Waals surface area contributed by atoms with Gasteiger partial charge in [0.1, 0.15) is 30.5 Å². The summed E-state index contributed by atoms with van der Waals surface area (Å²) < 4.78 is 58.8. The molecule has 0 bridgehead atoms. The molecule has 1 fully saturated rings. The zero-order valence-electron chi connectivity index (χ0n) is 33.7. The van der Waals surface area contributed by atoms with Gasteiger partial charge in [-0.15, -0.1) is 0 Å². The van der Waals surface area contributed by atoms with E-state index in [0.29, 0.717) is 13.0 Å². The second-order valence-corrected chi connectivity index (χ2v) is 15.2. The molecule has 1 saturated heterocycles. The first-order valence-electron chi connectivity index (χ1n) is 20.9. The summed E-state index contributed by atoms with van der Waals surface area (Å²) in [6, 6.07) is 0. The third kappa shape index (κ3) is 28.2. The Hall–Kier alpha value is -1.94. The van der Waals surface area contributed by atoms with Crippen molar-refractivity contribution in [1.29, 1.82) is 0 Å². The quantitative estimate of drug-likeness (QED) is 0.0210. The summed E-state index contributed by atoms with van der Waals surface area (Å²) in [5, 5.41) is 30.6. The molecule has 0 amide bonds. The highest BCUT2D eigenvalue weighted by Gasteiger charge is 2.48. The highest BCUT2D eigenvalue weighted by Crippen LogP contribution is 2.26. The lowest BCUT2D eigenvalue weighted by Crippen LogP contribution is -2.60. The second-order valence-electron chi connectivity index (χ2n) is 14.2. The molecule has 1 rings (SSSR count). The van der Waals surface area contributed by atoms with Gasteiger partial charge in [-0.2, -0.15) is 8.42 Å². The lowest BCUT2D eigenvalue weighted by Gasteiger charge is -2.41. The maximum absolute atomic E-state index is 12.8. The molecule has 0 aromatic carbocycles. The van der Waals surface area contributed by atoms with Crippen molar-refractivity contribution in [1.82, 2.24) is 0 Å². The zero-order chi connectivity index (χ0) is 40.4. The van der Waals surface area contributed by atoms with E-state index in [2.05, 4.69) is 66.6 Å². The lowest BCUT2D eigenvalue weighted by molar-refractivity contribution is -0.301. The highest BCUT2D eigenvalue weighted by molar-refractivity contribution is 7.80. The number of aliphatic hydroxyl groups is 3. The number of aliphatic hydroxyl groups excluding tert-OH is 3. The molecule has 4 N–H and O–H groups in total. The summed E-state index contributed by atoms with van der Waals surface area (Å²) in [6.45, 7) is 3.76. The molecule has 13 heteroatoms. The van der Waals surface area contributed by atoms with Crippen LogP contribution in [0.1, 0.15) is 149 Å². The predicted molar refractivity (Wildman–Crippen MR) is 216 cm³/mol. The molecule has 0 aliphatic carbocycles. The Morgan fingerprint density at radius 1 is 0.709 bits per heavy atom. The normalized spacial score (nSPS) is 21.5. The molecular formula is C42H74O12S. The molecule has 6 atom stereocenters. The minimum absolute atomic E-state index is 0.0259. The minimum Gasteiger partial charge on any atom is -0.457 e. The molecule has 0 spiro atoms. The van der Waals surface area contributed by atoms with Crippen molar-refractivity contribution in [2.75, 3.05) is 26.4 Å². The van der Waals surface area contributed by atoms with Crippen LogP contribution in [0.15, 0.2) is 48.6 Å². The van der Waals surface area contributed by atoms with Gasteiger partial charge in [0.2, 0.25) is 0 Å². The van der Waals surface area contributed by atoms with Gasteiger partial charge in [0.25, 0.3) is 0 Å². The fourth-order valence-electron chi connectivity index (χ4n) is 6.04. The Labute approximate surface area is 332 Å². The largest absolute Gasteiger partial charge is 0.457 e. The Bertz CT molecular complexity index is 1160. The SMILES string of the molecule is CC/C=C\C/C=C\C/C=C\CCCCCCCCCCOCC(COC1OC(CO)C(O)C(OS(=O)(=O)O)C1O)OC(=O)CCCCCCC/C=C\CCC. The summed E-state index contributed by atoms with van der Waals surface area (Å²) >= 11 is 0.